The first-order valence-electron chi connectivity index (χ1n) is 9.18. The molecule has 2 aromatic carbocycles. The van der Waals surface area contributed by atoms with Gasteiger partial charge in [0, 0.05) is 17.2 Å². The molecule has 0 bridgehead atoms. The zero-order valence-corrected chi connectivity index (χ0v) is 15.5. The fourth-order valence-electron chi connectivity index (χ4n) is 3.83. The number of hydrogen-bond donors (Lipinski definition) is 1. The Kier molecular flexibility index (Phi) is 5.14. The van der Waals surface area contributed by atoms with E-state index >= 15 is 0 Å². The molecule has 0 spiro atoms. The lowest BCUT2D eigenvalue weighted by molar-refractivity contribution is -0.143. The third kappa shape index (κ3) is 3.57. The first-order chi connectivity index (χ1) is 12.7. The number of fused-ring (bicyclic) bond motifs is 2. The summed E-state index contributed by atoms with van der Waals surface area (Å²) in [6, 6.07) is 17.3. The van der Waals surface area contributed by atoms with Crippen LogP contribution in [0.15, 0.2) is 59.5 Å². The number of carbonyl (C=O) groups is 1. The highest BCUT2D eigenvalue weighted by molar-refractivity contribution is 7.98. The third-order valence-corrected chi connectivity index (χ3v) is 6.48. The number of carboxylic acid groups (broad SMARTS) is 1. The molecule has 2 heterocycles. The molecule has 3 nitrogen and oxygen atoms in total. The van der Waals surface area contributed by atoms with Gasteiger partial charge in [-0.2, -0.15) is 0 Å². The second-order valence-corrected chi connectivity index (χ2v) is 7.99. The van der Waals surface area contributed by atoms with Crippen LogP contribution < -0.4 is 0 Å². The van der Waals surface area contributed by atoms with Crippen LogP contribution in [0.5, 0.6) is 0 Å². The van der Waals surface area contributed by atoms with E-state index in [-0.39, 0.29) is 5.92 Å². The van der Waals surface area contributed by atoms with E-state index in [0.717, 1.165) is 38.2 Å². The van der Waals surface area contributed by atoms with Gasteiger partial charge in [0.25, 0.3) is 0 Å². The molecule has 0 aliphatic carbocycles. The Labute approximate surface area is 158 Å². The molecule has 2 aromatic rings. The Bertz CT molecular complexity index is 788. The molecule has 0 saturated carbocycles. The number of thioether (sulfide) groups is 1. The van der Waals surface area contributed by atoms with Crippen LogP contribution in [0, 0.1) is 5.92 Å². The van der Waals surface area contributed by atoms with Crippen LogP contribution in [-0.2, 0) is 10.5 Å². The molecule has 2 aliphatic heterocycles. The van der Waals surface area contributed by atoms with E-state index in [1.54, 1.807) is 0 Å². The van der Waals surface area contributed by atoms with Crippen LogP contribution >= 0.6 is 11.8 Å². The summed E-state index contributed by atoms with van der Waals surface area (Å²) < 4.78 is 0. The standard InChI is InChI=1S/C22H23NO2S/c24-22(25)16-9-12-23(13-10-16)14-11-19-18-6-2-1-5-17(18)15-26-21-8-4-3-7-20(19)21/h1-8,11,16H,9-10,12-15H2,(H,24,25)/b19-11+. The quantitative estimate of drug-likeness (QED) is 0.868. The minimum atomic E-state index is -0.647. The minimum Gasteiger partial charge on any atom is -0.481 e. The first kappa shape index (κ1) is 17.4. The van der Waals surface area contributed by atoms with Gasteiger partial charge >= 0.3 is 5.97 Å². The van der Waals surface area contributed by atoms with Crippen molar-refractivity contribution < 1.29 is 9.90 Å². The molecule has 0 unspecified atom stereocenters. The zero-order chi connectivity index (χ0) is 17.9. The zero-order valence-electron chi connectivity index (χ0n) is 14.7. The second-order valence-electron chi connectivity index (χ2n) is 6.97. The van der Waals surface area contributed by atoms with E-state index in [2.05, 4.69) is 59.5 Å². The Balaban J connectivity index is 1.61. The van der Waals surface area contributed by atoms with Gasteiger partial charge < -0.3 is 5.11 Å². The van der Waals surface area contributed by atoms with E-state index in [4.69, 9.17) is 0 Å². The molecule has 2 aliphatic rings. The van der Waals surface area contributed by atoms with Crippen LogP contribution in [0.3, 0.4) is 0 Å². The normalized spacial score (nSPS) is 19.6. The number of piperidine rings is 1. The number of likely N-dealkylation sites (tertiary alicyclic amines) is 1. The average Bonchev–Trinajstić information content (AvgIpc) is 2.84. The average molecular weight is 365 g/mol. The number of nitrogens with zero attached hydrogens (tertiary/aromatic N) is 1. The highest BCUT2D eigenvalue weighted by atomic mass is 32.2. The van der Waals surface area contributed by atoms with Crippen LogP contribution in [0.1, 0.15) is 29.5 Å². The van der Waals surface area contributed by atoms with Gasteiger partial charge in [-0.3, -0.25) is 9.69 Å². The van der Waals surface area contributed by atoms with E-state index in [1.807, 2.05) is 11.8 Å². The Morgan fingerprint density at radius 2 is 1.77 bits per heavy atom. The van der Waals surface area contributed by atoms with Crippen molar-refractivity contribution in [2.24, 2.45) is 5.92 Å². The summed E-state index contributed by atoms with van der Waals surface area (Å²) in [7, 11) is 0. The molecule has 4 rings (SSSR count). The van der Waals surface area contributed by atoms with Gasteiger partial charge in [0.2, 0.25) is 0 Å². The van der Waals surface area contributed by atoms with Crippen molar-refractivity contribution in [3.05, 3.63) is 71.3 Å². The van der Waals surface area contributed by atoms with E-state index < -0.39 is 5.97 Å². The third-order valence-electron chi connectivity index (χ3n) is 5.36. The van der Waals surface area contributed by atoms with E-state index in [0.29, 0.717) is 0 Å². The molecule has 4 heteroatoms. The van der Waals surface area contributed by atoms with Gasteiger partial charge in [-0.15, -0.1) is 11.8 Å². The van der Waals surface area contributed by atoms with Crippen LogP contribution in [0.4, 0.5) is 0 Å². The topological polar surface area (TPSA) is 40.5 Å². The molecule has 134 valence electrons. The molecular weight excluding hydrogens is 342 g/mol. The molecule has 0 atom stereocenters. The lowest BCUT2D eigenvalue weighted by Gasteiger charge is -2.29. The Hall–Kier alpha value is -2.04. The molecule has 1 N–H and O–H groups in total. The van der Waals surface area contributed by atoms with Crippen molar-refractivity contribution in [2.45, 2.75) is 23.5 Å². The van der Waals surface area contributed by atoms with Gasteiger partial charge in [0.1, 0.15) is 0 Å². The van der Waals surface area contributed by atoms with Crippen LogP contribution in [-0.4, -0.2) is 35.6 Å². The monoisotopic (exact) mass is 365 g/mol. The first-order valence-corrected chi connectivity index (χ1v) is 10.2. The summed E-state index contributed by atoms with van der Waals surface area (Å²) in [4.78, 5) is 14.8. The lowest BCUT2D eigenvalue weighted by atomic mass is 9.93. The molecule has 0 aromatic heterocycles. The molecular formula is C22H23NO2S. The van der Waals surface area contributed by atoms with Crippen molar-refractivity contribution in [1.29, 1.82) is 0 Å². The summed E-state index contributed by atoms with van der Waals surface area (Å²) in [5.74, 6) is 0.176. The number of rotatable bonds is 3. The predicted molar refractivity (Wildman–Crippen MR) is 106 cm³/mol. The summed E-state index contributed by atoms with van der Waals surface area (Å²) in [5.41, 5.74) is 5.32. The smallest absolute Gasteiger partial charge is 0.306 e. The largest absolute Gasteiger partial charge is 0.481 e. The number of hydrogen-bond acceptors (Lipinski definition) is 3. The van der Waals surface area contributed by atoms with Gasteiger partial charge in [-0.05, 0) is 54.3 Å². The van der Waals surface area contributed by atoms with E-state index in [9.17, 15) is 9.90 Å². The maximum atomic E-state index is 11.1. The second kappa shape index (κ2) is 7.68. The van der Waals surface area contributed by atoms with E-state index in [1.165, 1.54) is 27.2 Å². The Morgan fingerprint density at radius 3 is 2.54 bits per heavy atom. The molecule has 1 fully saturated rings. The maximum absolute atomic E-state index is 11.1. The lowest BCUT2D eigenvalue weighted by Crippen LogP contribution is -2.36. The van der Waals surface area contributed by atoms with Crippen molar-refractivity contribution in [3.63, 3.8) is 0 Å². The van der Waals surface area contributed by atoms with Gasteiger partial charge in [0.15, 0.2) is 0 Å². The predicted octanol–water partition coefficient (Wildman–Crippen LogP) is 4.52. The van der Waals surface area contributed by atoms with Gasteiger partial charge in [-0.1, -0.05) is 48.5 Å². The highest BCUT2D eigenvalue weighted by Gasteiger charge is 2.24. The summed E-state index contributed by atoms with van der Waals surface area (Å²) in [6.45, 7) is 2.59. The maximum Gasteiger partial charge on any atom is 0.306 e. The summed E-state index contributed by atoms with van der Waals surface area (Å²) >= 11 is 1.90. The van der Waals surface area contributed by atoms with Crippen molar-refractivity contribution >= 4 is 23.3 Å². The molecule has 26 heavy (non-hydrogen) atoms. The Morgan fingerprint density at radius 1 is 1.08 bits per heavy atom. The number of aliphatic carboxylic acids is 1. The SMILES string of the molecule is O=C(O)C1CCN(C/C=C2\c3ccccc3CSc3ccccc32)CC1. The van der Waals surface area contributed by atoms with Crippen molar-refractivity contribution in [2.75, 3.05) is 19.6 Å². The number of benzene rings is 2. The highest BCUT2D eigenvalue weighted by Crippen LogP contribution is 2.39. The molecule has 1 saturated heterocycles. The molecule has 0 amide bonds. The number of carboxylic acids is 1. The van der Waals surface area contributed by atoms with Crippen LogP contribution in [0.25, 0.3) is 5.57 Å². The van der Waals surface area contributed by atoms with Gasteiger partial charge in [0.05, 0.1) is 5.92 Å². The molecule has 0 radical (unpaired) electrons. The fourth-order valence-corrected chi connectivity index (χ4v) is 4.90. The van der Waals surface area contributed by atoms with Crippen LogP contribution in [0.2, 0.25) is 0 Å². The van der Waals surface area contributed by atoms with Crippen molar-refractivity contribution in [1.82, 2.24) is 4.90 Å². The van der Waals surface area contributed by atoms with Crippen molar-refractivity contribution in [3.8, 4) is 0 Å². The summed E-state index contributed by atoms with van der Waals surface area (Å²) in [6.07, 6.45) is 3.84. The fraction of sp³-hybridized carbons (Fsp3) is 0.318. The van der Waals surface area contributed by atoms with Gasteiger partial charge in [-0.25, -0.2) is 0 Å². The summed E-state index contributed by atoms with van der Waals surface area (Å²) in [5, 5.41) is 9.18. The minimum absolute atomic E-state index is 0.172.